The lowest BCUT2D eigenvalue weighted by atomic mass is 9.91. The Morgan fingerprint density at radius 2 is 1.84 bits per heavy atom. The van der Waals surface area contributed by atoms with Crippen LogP contribution in [0.1, 0.15) is 31.7 Å². The molecule has 19 heavy (non-hydrogen) atoms. The first-order chi connectivity index (χ1) is 8.59. The van der Waals surface area contributed by atoms with Gasteiger partial charge in [0.1, 0.15) is 5.82 Å². The Bertz CT molecular complexity index is 429. The molecule has 0 amide bonds. The maximum Gasteiger partial charge on any atom is 0.389 e. The summed E-state index contributed by atoms with van der Waals surface area (Å²) >= 11 is 5.59. The van der Waals surface area contributed by atoms with Gasteiger partial charge in [0, 0.05) is 17.9 Å². The smallest absolute Gasteiger partial charge is 0.389 e. The largest absolute Gasteiger partial charge is 0.390 e. The summed E-state index contributed by atoms with van der Waals surface area (Å²) in [7, 11) is 0. The molecular weight excluding hydrogens is 284 g/mol. The van der Waals surface area contributed by atoms with Crippen molar-refractivity contribution in [3.63, 3.8) is 0 Å². The van der Waals surface area contributed by atoms with E-state index in [-0.39, 0.29) is 29.8 Å². The van der Waals surface area contributed by atoms with Gasteiger partial charge < -0.3 is 5.11 Å². The van der Waals surface area contributed by atoms with Gasteiger partial charge in [-0.05, 0) is 37.5 Å². The Balaban J connectivity index is 2.58. The molecule has 1 atom stereocenters. The van der Waals surface area contributed by atoms with Crippen LogP contribution in [0.25, 0.3) is 0 Å². The van der Waals surface area contributed by atoms with Crippen molar-refractivity contribution in [2.75, 3.05) is 0 Å². The van der Waals surface area contributed by atoms with Crippen LogP contribution in [0.5, 0.6) is 0 Å². The zero-order valence-electron chi connectivity index (χ0n) is 10.4. The van der Waals surface area contributed by atoms with Crippen molar-refractivity contribution in [2.45, 2.75) is 44.4 Å². The van der Waals surface area contributed by atoms with Crippen molar-refractivity contribution in [2.24, 2.45) is 0 Å². The van der Waals surface area contributed by atoms with Gasteiger partial charge in [0.15, 0.2) is 0 Å². The zero-order chi connectivity index (χ0) is 14.7. The molecule has 0 bridgehead atoms. The number of alkyl halides is 3. The fourth-order valence-corrected chi connectivity index (χ4v) is 1.99. The Kier molecular flexibility index (Phi) is 5.21. The number of hydrogen-bond donors (Lipinski definition) is 1. The molecule has 1 rings (SSSR count). The summed E-state index contributed by atoms with van der Waals surface area (Å²) in [5.74, 6) is -0.566. The standard InChI is InChI=1S/C13H15ClF4O/c1-12(19,5-2-6-13(16,17)18)8-9-3-4-10(14)7-11(9)15/h3-4,7,19H,2,5-6,8H2,1H3. The maximum absolute atomic E-state index is 13.5. The minimum Gasteiger partial charge on any atom is -0.390 e. The molecule has 0 radical (unpaired) electrons. The van der Waals surface area contributed by atoms with Crippen molar-refractivity contribution < 1.29 is 22.7 Å². The molecule has 1 aromatic rings. The van der Waals surface area contributed by atoms with E-state index in [1.807, 2.05) is 0 Å². The third kappa shape index (κ3) is 6.25. The molecule has 0 aromatic heterocycles. The summed E-state index contributed by atoms with van der Waals surface area (Å²) in [5, 5.41) is 10.2. The second-order valence-corrected chi connectivity index (χ2v) is 5.31. The first-order valence-electron chi connectivity index (χ1n) is 5.82. The molecule has 0 aliphatic heterocycles. The monoisotopic (exact) mass is 298 g/mol. The van der Waals surface area contributed by atoms with Crippen LogP contribution in [0.15, 0.2) is 18.2 Å². The molecular formula is C13H15ClF4O. The average molecular weight is 299 g/mol. The molecule has 0 spiro atoms. The fraction of sp³-hybridized carbons (Fsp3) is 0.538. The zero-order valence-corrected chi connectivity index (χ0v) is 11.2. The van der Waals surface area contributed by atoms with Crippen LogP contribution >= 0.6 is 11.6 Å². The Hall–Kier alpha value is -0.810. The molecule has 108 valence electrons. The third-order valence-corrected chi connectivity index (χ3v) is 3.00. The number of halogens is 5. The minimum absolute atomic E-state index is 0.0470. The highest BCUT2D eigenvalue weighted by Crippen LogP contribution is 2.27. The van der Waals surface area contributed by atoms with Crippen molar-refractivity contribution in [3.8, 4) is 0 Å². The van der Waals surface area contributed by atoms with Gasteiger partial charge in [-0.1, -0.05) is 17.7 Å². The second-order valence-electron chi connectivity index (χ2n) is 4.88. The summed E-state index contributed by atoms with van der Waals surface area (Å²) in [6.07, 6.45) is -5.47. The summed E-state index contributed by atoms with van der Waals surface area (Å²) in [4.78, 5) is 0. The minimum atomic E-state index is -4.23. The van der Waals surface area contributed by atoms with E-state index in [0.29, 0.717) is 0 Å². The summed E-state index contributed by atoms with van der Waals surface area (Å²) in [6.45, 7) is 1.40. The topological polar surface area (TPSA) is 20.2 Å². The fourth-order valence-electron chi connectivity index (χ4n) is 1.83. The highest BCUT2D eigenvalue weighted by atomic mass is 35.5. The van der Waals surface area contributed by atoms with Crippen molar-refractivity contribution in [1.82, 2.24) is 0 Å². The predicted molar refractivity (Wildman–Crippen MR) is 65.6 cm³/mol. The molecule has 0 aliphatic carbocycles. The van der Waals surface area contributed by atoms with Gasteiger partial charge in [0.2, 0.25) is 0 Å². The Labute approximate surface area is 114 Å². The van der Waals surface area contributed by atoms with E-state index in [4.69, 9.17) is 11.6 Å². The first kappa shape index (κ1) is 16.2. The Morgan fingerprint density at radius 1 is 1.21 bits per heavy atom. The molecule has 0 saturated heterocycles. The van der Waals surface area contributed by atoms with Gasteiger partial charge >= 0.3 is 6.18 Å². The molecule has 6 heteroatoms. The van der Waals surface area contributed by atoms with Crippen LogP contribution in [0, 0.1) is 5.82 Å². The van der Waals surface area contributed by atoms with E-state index in [0.717, 1.165) is 6.07 Å². The van der Waals surface area contributed by atoms with E-state index in [2.05, 4.69) is 0 Å². The van der Waals surface area contributed by atoms with Crippen LogP contribution in [-0.4, -0.2) is 16.9 Å². The van der Waals surface area contributed by atoms with E-state index in [1.54, 1.807) is 0 Å². The van der Waals surface area contributed by atoms with Crippen LogP contribution in [0.3, 0.4) is 0 Å². The highest BCUT2D eigenvalue weighted by Gasteiger charge is 2.29. The highest BCUT2D eigenvalue weighted by molar-refractivity contribution is 6.30. The number of benzene rings is 1. The molecule has 0 fully saturated rings. The lowest BCUT2D eigenvalue weighted by Gasteiger charge is -2.24. The summed E-state index contributed by atoms with van der Waals surface area (Å²) < 4.78 is 49.5. The second kappa shape index (κ2) is 6.09. The number of aliphatic hydroxyl groups is 1. The van der Waals surface area contributed by atoms with E-state index >= 15 is 0 Å². The SMILES string of the molecule is CC(O)(CCCC(F)(F)F)Cc1ccc(Cl)cc1F. The maximum atomic E-state index is 13.5. The normalized spacial score (nSPS) is 15.3. The van der Waals surface area contributed by atoms with Gasteiger partial charge in [-0.3, -0.25) is 0 Å². The van der Waals surface area contributed by atoms with Gasteiger partial charge in [0.05, 0.1) is 5.60 Å². The van der Waals surface area contributed by atoms with Crippen molar-refractivity contribution in [3.05, 3.63) is 34.6 Å². The van der Waals surface area contributed by atoms with E-state index < -0.39 is 24.0 Å². The Morgan fingerprint density at radius 3 is 2.37 bits per heavy atom. The molecule has 0 heterocycles. The van der Waals surface area contributed by atoms with E-state index in [9.17, 15) is 22.7 Å². The third-order valence-electron chi connectivity index (χ3n) is 2.76. The number of rotatable bonds is 5. The van der Waals surface area contributed by atoms with Crippen molar-refractivity contribution >= 4 is 11.6 Å². The van der Waals surface area contributed by atoms with Crippen LogP contribution < -0.4 is 0 Å². The van der Waals surface area contributed by atoms with Gasteiger partial charge in [0.25, 0.3) is 0 Å². The molecule has 0 aliphatic rings. The summed E-state index contributed by atoms with van der Waals surface area (Å²) in [5.41, 5.74) is -1.14. The number of hydrogen-bond acceptors (Lipinski definition) is 1. The quantitative estimate of drug-likeness (QED) is 0.793. The molecule has 1 N–H and O–H groups in total. The lowest BCUT2D eigenvalue weighted by Crippen LogP contribution is -2.28. The van der Waals surface area contributed by atoms with Crippen LogP contribution in [0.2, 0.25) is 5.02 Å². The van der Waals surface area contributed by atoms with Gasteiger partial charge in [-0.2, -0.15) is 13.2 Å². The van der Waals surface area contributed by atoms with Gasteiger partial charge in [-0.15, -0.1) is 0 Å². The van der Waals surface area contributed by atoms with E-state index in [1.165, 1.54) is 19.1 Å². The predicted octanol–water partition coefficient (Wildman–Crippen LogP) is 4.51. The summed E-state index contributed by atoms with van der Waals surface area (Å²) in [6, 6.07) is 4.02. The first-order valence-corrected chi connectivity index (χ1v) is 6.20. The molecule has 1 nitrogen and oxygen atoms in total. The molecule has 1 unspecified atom stereocenters. The van der Waals surface area contributed by atoms with Crippen molar-refractivity contribution in [1.29, 1.82) is 0 Å². The van der Waals surface area contributed by atoms with Crippen LogP contribution in [0.4, 0.5) is 17.6 Å². The average Bonchev–Trinajstić information content (AvgIpc) is 2.20. The van der Waals surface area contributed by atoms with Gasteiger partial charge in [-0.25, -0.2) is 4.39 Å². The molecule has 1 aromatic carbocycles. The molecule has 0 saturated carbocycles. The van der Waals surface area contributed by atoms with Crippen LogP contribution in [-0.2, 0) is 6.42 Å². The lowest BCUT2D eigenvalue weighted by molar-refractivity contribution is -0.137.